The maximum absolute atomic E-state index is 11.4. The Morgan fingerprint density at radius 2 is 1.52 bits per heavy atom. The van der Waals surface area contributed by atoms with Crippen LogP contribution in [-0.2, 0) is 19.7 Å². The molecule has 42 heavy (non-hydrogen) atoms. The molecule has 15 heteroatoms. The molecule has 2 aromatic rings. The molecule has 0 aliphatic rings. The number of carboxylic acid groups (broad SMARTS) is 2. The molecule has 8 N–H and O–H groups in total. The summed E-state index contributed by atoms with van der Waals surface area (Å²) in [7, 11) is -3.56. The zero-order chi connectivity index (χ0) is 31.8. The van der Waals surface area contributed by atoms with Gasteiger partial charge in [0.25, 0.3) is 0 Å². The van der Waals surface area contributed by atoms with E-state index in [1.165, 1.54) is 19.1 Å². The zero-order valence-corrected chi connectivity index (χ0v) is 24.7. The molecule has 2 atom stereocenters. The van der Waals surface area contributed by atoms with E-state index < -0.39 is 33.7 Å². The predicted molar refractivity (Wildman–Crippen MR) is 156 cm³/mol. The number of carboxylic acids is 2. The second kappa shape index (κ2) is 17.5. The number of hydrogen-bond donors (Lipinski definition) is 5. The molecule has 14 nitrogen and oxygen atoms in total. The van der Waals surface area contributed by atoms with Gasteiger partial charge in [-0.3, -0.25) is 9.79 Å². The van der Waals surface area contributed by atoms with E-state index in [9.17, 15) is 23.1 Å². The average molecular weight is 613 g/mol. The Hall–Kier alpha value is -4.24. The monoisotopic (exact) mass is 612 g/mol. The fourth-order valence-electron chi connectivity index (χ4n) is 3.00. The second-order valence-corrected chi connectivity index (χ2v) is 10.7. The number of nitrogens with zero attached hydrogens (tertiary/aromatic N) is 1. The Bertz CT molecular complexity index is 1270. The van der Waals surface area contributed by atoms with Gasteiger partial charge in [0.05, 0.1) is 19.5 Å². The molecule has 0 aliphatic carbocycles. The van der Waals surface area contributed by atoms with Crippen molar-refractivity contribution in [3.63, 3.8) is 0 Å². The van der Waals surface area contributed by atoms with Crippen molar-refractivity contribution in [2.75, 3.05) is 26.0 Å². The molecule has 2 unspecified atom stereocenters. The normalized spacial score (nSPS) is 12.9. The Balaban J connectivity index is 0.000000619. The van der Waals surface area contributed by atoms with Gasteiger partial charge < -0.3 is 45.8 Å². The highest BCUT2D eigenvalue weighted by molar-refractivity contribution is 7.86. The quantitative estimate of drug-likeness (QED) is 0.0744. The van der Waals surface area contributed by atoms with Crippen molar-refractivity contribution < 1.29 is 46.6 Å². The Kier molecular flexibility index (Phi) is 15.0. The number of aliphatic carboxylic acids is 2. The van der Waals surface area contributed by atoms with E-state index in [4.69, 9.17) is 40.7 Å². The first-order valence-corrected chi connectivity index (χ1v) is 14.8. The lowest BCUT2D eigenvalue weighted by molar-refractivity contribution is -0.154. The first-order chi connectivity index (χ1) is 19.6. The van der Waals surface area contributed by atoms with Gasteiger partial charge in [-0.2, -0.15) is 8.42 Å². The van der Waals surface area contributed by atoms with Gasteiger partial charge in [0.15, 0.2) is 5.96 Å². The fraction of sp³-hybridized carbons (Fsp3) is 0.444. The molecule has 0 amide bonds. The number of rotatable bonds is 17. The molecule has 0 radical (unpaired) electrons. The minimum absolute atomic E-state index is 0.0129. The number of ether oxygens (including phenoxy) is 3. The molecule has 0 saturated carbocycles. The zero-order valence-electron chi connectivity index (χ0n) is 23.9. The lowest BCUT2D eigenvalue weighted by Gasteiger charge is -2.25. The molecule has 0 spiro atoms. The van der Waals surface area contributed by atoms with E-state index in [-0.39, 0.29) is 11.7 Å². The minimum Gasteiger partial charge on any atom is -0.493 e. The van der Waals surface area contributed by atoms with E-state index in [2.05, 4.69) is 4.99 Å². The molecular formula is C27H40N4O10S. The van der Waals surface area contributed by atoms with Crippen LogP contribution in [0.15, 0.2) is 53.5 Å². The third-order valence-corrected chi connectivity index (χ3v) is 5.95. The summed E-state index contributed by atoms with van der Waals surface area (Å²) in [5.74, 6) is -0.218. The lowest BCUT2D eigenvalue weighted by atomic mass is 10.0. The van der Waals surface area contributed by atoms with Crippen molar-refractivity contribution in [2.24, 2.45) is 22.2 Å². The van der Waals surface area contributed by atoms with Gasteiger partial charge in [-0.05, 0) is 62.6 Å². The highest BCUT2D eigenvalue weighted by Crippen LogP contribution is 2.26. The highest BCUT2D eigenvalue weighted by Gasteiger charge is 2.33. The van der Waals surface area contributed by atoms with Crippen LogP contribution in [0.25, 0.3) is 0 Å². The first-order valence-electron chi connectivity index (χ1n) is 13.0. The standard InChI is InChI=1S/C21H26O8S.C6H14N4O2/c1-4-21(2,20(22)23)28-19-8-5-7-18(15-19)27-14-6-13-26-16-9-11-17(12-10-16)29-30(3,24)25;7-4(5(11)12)2-1-3-10-6(8)9/h5,7-12,15H,4,6,13-14H2,1-3H3,(H,22,23);4H,1-3,7H2,(H,11,12)(H4,8,9,10). The van der Waals surface area contributed by atoms with Crippen molar-refractivity contribution in [3.05, 3.63) is 48.5 Å². The van der Waals surface area contributed by atoms with Crippen LogP contribution in [0.2, 0.25) is 0 Å². The smallest absolute Gasteiger partial charge is 0.347 e. The third kappa shape index (κ3) is 14.9. The van der Waals surface area contributed by atoms with Crippen LogP contribution in [0.5, 0.6) is 23.0 Å². The summed E-state index contributed by atoms with van der Waals surface area (Å²) < 4.78 is 43.8. The maximum Gasteiger partial charge on any atom is 0.347 e. The molecule has 0 heterocycles. The van der Waals surface area contributed by atoms with Gasteiger partial charge >= 0.3 is 22.1 Å². The molecule has 0 bridgehead atoms. The molecule has 0 fully saturated rings. The summed E-state index contributed by atoms with van der Waals surface area (Å²) in [4.78, 5) is 25.3. The summed E-state index contributed by atoms with van der Waals surface area (Å²) >= 11 is 0. The van der Waals surface area contributed by atoms with Crippen LogP contribution in [0.1, 0.15) is 39.5 Å². The summed E-state index contributed by atoms with van der Waals surface area (Å²) in [6.07, 6.45) is 2.87. The predicted octanol–water partition coefficient (Wildman–Crippen LogP) is 1.96. The van der Waals surface area contributed by atoms with Gasteiger partial charge in [-0.25, -0.2) is 4.79 Å². The van der Waals surface area contributed by atoms with Crippen molar-refractivity contribution in [1.29, 1.82) is 0 Å². The molecule has 2 aromatic carbocycles. The highest BCUT2D eigenvalue weighted by atomic mass is 32.2. The van der Waals surface area contributed by atoms with Crippen LogP contribution in [0, 0.1) is 0 Å². The topological polar surface area (TPSA) is 236 Å². The molecule has 0 aliphatic heterocycles. The van der Waals surface area contributed by atoms with Gasteiger partial charge in [-0.1, -0.05) is 13.0 Å². The van der Waals surface area contributed by atoms with Crippen LogP contribution in [0.3, 0.4) is 0 Å². The summed E-state index contributed by atoms with van der Waals surface area (Å²) in [6, 6.07) is 12.3. The molecular weight excluding hydrogens is 572 g/mol. The number of hydrogen-bond acceptors (Lipinski definition) is 10. The van der Waals surface area contributed by atoms with Gasteiger partial charge in [0, 0.05) is 19.0 Å². The van der Waals surface area contributed by atoms with Gasteiger partial charge in [0.2, 0.25) is 5.60 Å². The lowest BCUT2D eigenvalue weighted by Crippen LogP contribution is -2.40. The minimum atomic E-state index is -3.56. The third-order valence-electron chi connectivity index (χ3n) is 5.46. The van der Waals surface area contributed by atoms with Crippen LogP contribution < -0.4 is 35.6 Å². The number of benzene rings is 2. The number of aliphatic imine (C=N–C) groups is 1. The SMILES string of the molecule is CCC(C)(Oc1cccc(OCCCOc2ccc(OS(C)(=O)=O)cc2)c1)C(=O)O.NC(N)=NCCCC(N)C(=O)O. The number of guanidine groups is 1. The molecule has 0 aromatic heterocycles. The Morgan fingerprint density at radius 1 is 0.952 bits per heavy atom. The summed E-state index contributed by atoms with van der Waals surface area (Å²) in [5, 5.41) is 17.7. The van der Waals surface area contributed by atoms with E-state index in [1.54, 1.807) is 43.3 Å². The van der Waals surface area contributed by atoms with Gasteiger partial charge in [-0.15, -0.1) is 0 Å². The molecule has 2 rings (SSSR count). The second-order valence-electron chi connectivity index (χ2n) is 9.17. The van der Waals surface area contributed by atoms with Crippen LogP contribution in [0.4, 0.5) is 0 Å². The molecule has 0 saturated heterocycles. The van der Waals surface area contributed by atoms with Crippen molar-refractivity contribution >= 4 is 28.0 Å². The van der Waals surface area contributed by atoms with E-state index in [0.29, 0.717) is 62.7 Å². The Labute approximate surface area is 245 Å². The Morgan fingerprint density at radius 3 is 2.05 bits per heavy atom. The summed E-state index contributed by atoms with van der Waals surface area (Å²) in [5.41, 5.74) is 14.0. The fourth-order valence-corrected chi connectivity index (χ4v) is 3.46. The average Bonchev–Trinajstić information content (AvgIpc) is 2.91. The number of nitrogens with two attached hydrogens (primary N) is 3. The van der Waals surface area contributed by atoms with E-state index in [1.807, 2.05) is 0 Å². The molecule has 234 valence electrons. The first kappa shape index (κ1) is 35.8. The van der Waals surface area contributed by atoms with Crippen LogP contribution in [-0.4, -0.2) is 74.2 Å². The van der Waals surface area contributed by atoms with E-state index in [0.717, 1.165) is 6.26 Å². The summed E-state index contributed by atoms with van der Waals surface area (Å²) in [6.45, 7) is 4.49. The van der Waals surface area contributed by atoms with Crippen molar-refractivity contribution in [3.8, 4) is 23.0 Å². The maximum atomic E-state index is 11.4. The van der Waals surface area contributed by atoms with Crippen molar-refractivity contribution in [2.45, 2.75) is 51.2 Å². The van der Waals surface area contributed by atoms with Gasteiger partial charge in [0.1, 0.15) is 29.0 Å². The van der Waals surface area contributed by atoms with Crippen LogP contribution >= 0.6 is 0 Å². The van der Waals surface area contributed by atoms with E-state index >= 15 is 0 Å². The van der Waals surface area contributed by atoms with Crippen molar-refractivity contribution in [1.82, 2.24) is 0 Å². The largest absolute Gasteiger partial charge is 0.493 e. The number of carbonyl (C=O) groups is 2.